The molecule has 0 unspecified atom stereocenters. The first kappa shape index (κ1) is 26.2. The van der Waals surface area contributed by atoms with Crippen LogP contribution in [-0.2, 0) is 16.0 Å². The molecule has 0 saturated heterocycles. The van der Waals surface area contributed by atoms with Crippen molar-refractivity contribution in [2.24, 2.45) is 0 Å². The maximum absolute atomic E-state index is 10.6. The van der Waals surface area contributed by atoms with Gasteiger partial charge in [0.1, 0.15) is 24.1 Å². The number of rotatable bonds is 13. The minimum absolute atomic E-state index is 0.468. The lowest BCUT2D eigenvalue weighted by molar-refractivity contribution is -0.107. The lowest BCUT2D eigenvalue weighted by Crippen LogP contribution is -2.15. The van der Waals surface area contributed by atoms with Gasteiger partial charge in [0.05, 0.1) is 0 Å². The average molecular weight is 481 g/mol. The van der Waals surface area contributed by atoms with Crippen LogP contribution in [0, 0.1) is 0 Å². The van der Waals surface area contributed by atoms with Crippen LogP contribution < -0.4 is 14.5 Å². The van der Waals surface area contributed by atoms with Crippen LogP contribution in [0.15, 0.2) is 110 Å². The molecule has 36 heavy (non-hydrogen) atoms. The lowest BCUT2D eigenvalue weighted by atomic mass is 10.0. The number of hydrogen-bond acceptors (Lipinski definition) is 5. The Labute approximate surface area is 213 Å². The van der Waals surface area contributed by atoms with Crippen molar-refractivity contribution in [2.75, 3.05) is 23.9 Å². The van der Waals surface area contributed by atoms with E-state index in [9.17, 15) is 9.59 Å². The Hall–Kier alpha value is -4.38. The fourth-order valence-electron chi connectivity index (χ4n) is 3.71. The van der Waals surface area contributed by atoms with Crippen molar-refractivity contribution >= 4 is 23.9 Å². The summed E-state index contributed by atoms with van der Waals surface area (Å²) in [4.78, 5) is 25.1. The highest BCUT2D eigenvalue weighted by atomic mass is 16.5. The van der Waals surface area contributed by atoms with Gasteiger partial charge in [-0.25, -0.2) is 0 Å². The molecule has 0 saturated carbocycles. The van der Waals surface area contributed by atoms with Gasteiger partial charge in [-0.15, -0.1) is 0 Å². The van der Waals surface area contributed by atoms with Crippen LogP contribution in [-0.4, -0.2) is 26.7 Å². The standard InChI is InChI=1S/C31H32N2O3/c1-24(9-7-19-34)32(3)28-15-17-30(18-16-28)36-31-14-6-12-27(23-31)21-26-11-5-13-29(22-26)33(4)25(2)10-8-20-35/h5-6,8,10-20,22-23H,1-2,7,9,21H2,3-4H3/b10-8-. The van der Waals surface area contributed by atoms with Gasteiger partial charge in [-0.3, -0.25) is 4.79 Å². The Bertz CT molecular complexity index is 1240. The highest BCUT2D eigenvalue weighted by Gasteiger charge is 2.08. The number of allylic oxidation sites excluding steroid dienone is 3. The molecular weight excluding hydrogens is 448 g/mol. The Morgan fingerprint density at radius 1 is 0.833 bits per heavy atom. The number of nitrogens with zero attached hydrogens (tertiary/aromatic N) is 2. The van der Waals surface area contributed by atoms with Gasteiger partial charge in [0.2, 0.25) is 0 Å². The van der Waals surface area contributed by atoms with Gasteiger partial charge in [-0.1, -0.05) is 37.4 Å². The van der Waals surface area contributed by atoms with Crippen molar-refractivity contribution in [2.45, 2.75) is 19.3 Å². The predicted octanol–water partition coefficient (Wildman–Crippen LogP) is 6.70. The number of anilines is 2. The second kappa shape index (κ2) is 12.9. The molecule has 0 aliphatic rings. The molecule has 3 aromatic rings. The van der Waals surface area contributed by atoms with E-state index in [2.05, 4.69) is 31.4 Å². The summed E-state index contributed by atoms with van der Waals surface area (Å²) in [5, 5.41) is 0. The molecule has 0 aliphatic carbocycles. The number of ether oxygens (including phenoxy) is 1. The number of hydrogen-bond donors (Lipinski definition) is 0. The molecule has 0 fully saturated rings. The van der Waals surface area contributed by atoms with Gasteiger partial charge in [0, 0.05) is 43.3 Å². The zero-order valence-electron chi connectivity index (χ0n) is 20.9. The smallest absolute Gasteiger partial charge is 0.142 e. The summed E-state index contributed by atoms with van der Waals surface area (Å²) in [5.41, 5.74) is 5.90. The number of aldehydes is 2. The zero-order chi connectivity index (χ0) is 25.9. The second-order valence-electron chi connectivity index (χ2n) is 8.47. The maximum atomic E-state index is 10.6. The van der Waals surface area contributed by atoms with Crippen LogP contribution in [0.25, 0.3) is 0 Å². The molecule has 0 N–H and O–H groups in total. The van der Waals surface area contributed by atoms with Crippen LogP contribution >= 0.6 is 0 Å². The van der Waals surface area contributed by atoms with E-state index in [0.717, 1.165) is 64.4 Å². The van der Waals surface area contributed by atoms with E-state index in [4.69, 9.17) is 4.74 Å². The molecule has 0 spiro atoms. The first-order valence-electron chi connectivity index (χ1n) is 11.8. The first-order chi connectivity index (χ1) is 17.4. The number of carbonyl (C=O) groups is 2. The molecule has 0 amide bonds. The SMILES string of the molecule is C=C(/C=C\C=O)N(C)c1cccc(Cc2cccc(Oc3ccc(N(C)C(=C)CCC=O)cc3)c2)c1. The normalized spacial score (nSPS) is 10.6. The van der Waals surface area contributed by atoms with Crippen molar-refractivity contribution in [3.63, 3.8) is 0 Å². The van der Waals surface area contributed by atoms with Crippen molar-refractivity contribution < 1.29 is 14.3 Å². The fraction of sp³-hybridized carbons (Fsp3) is 0.161. The number of carbonyl (C=O) groups excluding carboxylic acids is 2. The van der Waals surface area contributed by atoms with E-state index in [1.807, 2.05) is 78.5 Å². The molecule has 0 radical (unpaired) electrons. The summed E-state index contributed by atoms with van der Waals surface area (Å²) in [6.45, 7) is 8.06. The fourth-order valence-corrected chi connectivity index (χ4v) is 3.71. The third-order valence-corrected chi connectivity index (χ3v) is 5.89. The topological polar surface area (TPSA) is 49.9 Å². The summed E-state index contributed by atoms with van der Waals surface area (Å²) in [6.07, 6.45) is 6.63. The molecule has 0 bridgehead atoms. The van der Waals surface area contributed by atoms with Gasteiger partial charge in [0.15, 0.2) is 0 Å². The van der Waals surface area contributed by atoms with E-state index in [1.54, 1.807) is 6.08 Å². The predicted molar refractivity (Wildman–Crippen MR) is 148 cm³/mol. The summed E-state index contributed by atoms with van der Waals surface area (Å²) in [5.74, 6) is 1.51. The number of likely N-dealkylation sites (N-methyl/N-ethyl adjacent to an activating group) is 1. The Morgan fingerprint density at radius 3 is 2.22 bits per heavy atom. The lowest BCUT2D eigenvalue weighted by Gasteiger charge is -2.21. The average Bonchev–Trinajstić information content (AvgIpc) is 2.90. The number of benzene rings is 3. The van der Waals surface area contributed by atoms with Crippen molar-refractivity contribution in [3.05, 3.63) is 121 Å². The summed E-state index contributed by atoms with van der Waals surface area (Å²) < 4.78 is 6.10. The van der Waals surface area contributed by atoms with E-state index >= 15 is 0 Å². The van der Waals surface area contributed by atoms with Crippen LogP contribution in [0.5, 0.6) is 11.5 Å². The summed E-state index contributed by atoms with van der Waals surface area (Å²) in [7, 11) is 3.87. The Morgan fingerprint density at radius 2 is 1.53 bits per heavy atom. The maximum Gasteiger partial charge on any atom is 0.142 e. The van der Waals surface area contributed by atoms with Crippen LogP contribution in [0.3, 0.4) is 0 Å². The molecular formula is C31H32N2O3. The van der Waals surface area contributed by atoms with Gasteiger partial charge >= 0.3 is 0 Å². The Balaban J connectivity index is 1.66. The van der Waals surface area contributed by atoms with Gasteiger partial charge in [-0.2, -0.15) is 0 Å². The zero-order valence-corrected chi connectivity index (χ0v) is 20.9. The molecule has 184 valence electrons. The monoisotopic (exact) mass is 480 g/mol. The first-order valence-corrected chi connectivity index (χ1v) is 11.8. The minimum Gasteiger partial charge on any atom is -0.457 e. The molecule has 0 heterocycles. The molecule has 0 aromatic heterocycles. The third-order valence-electron chi connectivity index (χ3n) is 5.89. The molecule has 5 nitrogen and oxygen atoms in total. The minimum atomic E-state index is 0.468. The van der Waals surface area contributed by atoms with Crippen molar-refractivity contribution in [1.82, 2.24) is 0 Å². The Kier molecular flexibility index (Phi) is 9.40. The molecule has 0 aliphatic heterocycles. The highest BCUT2D eigenvalue weighted by Crippen LogP contribution is 2.27. The van der Waals surface area contributed by atoms with E-state index < -0.39 is 0 Å². The summed E-state index contributed by atoms with van der Waals surface area (Å²) >= 11 is 0. The van der Waals surface area contributed by atoms with E-state index in [1.165, 1.54) is 6.08 Å². The quantitative estimate of drug-likeness (QED) is 0.155. The molecule has 0 atom stereocenters. The highest BCUT2D eigenvalue weighted by molar-refractivity contribution is 5.67. The largest absolute Gasteiger partial charge is 0.457 e. The van der Waals surface area contributed by atoms with Crippen LogP contribution in [0.4, 0.5) is 11.4 Å². The molecule has 5 heteroatoms. The molecule has 3 rings (SSSR count). The van der Waals surface area contributed by atoms with E-state index in [0.29, 0.717) is 12.8 Å². The van der Waals surface area contributed by atoms with E-state index in [-0.39, 0.29) is 0 Å². The molecule has 3 aromatic carbocycles. The third kappa shape index (κ3) is 7.31. The van der Waals surface area contributed by atoms with Gasteiger partial charge in [0.25, 0.3) is 0 Å². The van der Waals surface area contributed by atoms with Gasteiger partial charge in [-0.05, 0) is 84.7 Å². The van der Waals surface area contributed by atoms with Crippen molar-refractivity contribution in [1.29, 1.82) is 0 Å². The van der Waals surface area contributed by atoms with Crippen LogP contribution in [0.2, 0.25) is 0 Å². The van der Waals surface area contributed by atoms with Crippen LogP contribution in [0.1, 0.15) is 24.0 Å². The van der Waals surface area contributed by atoms with Gasteiger partial charge < -0.3 is 19.3 Å². The summed E-state index contributed by atoms with van der Waals surface area (Å²) in [6, 6.07) is 24.1. The second-order valence-corrected chi connectivity index (χ2v) is 8.47. The van der Waals surface area contributed by atoms with Crippen molar-refractivity contribution in [3.8, 4) is 11.5 Å².